The number of hydrogen-bond donors (Lipinski definition) is 0. The summed E-state index contributed by atoms with van der Waals surface area (Å²) in [5.41, 5.74) is 3.36. The number of carbonyl (C=O) groups excluding carboxylic acids is 3. The number of imide groups is 1. The summed E-state index contributed by atoms with van der Waals surface area (Å²) in [4.78, 5) is 44.0. The van der Waals surface area contributed by atoms with Gasteiger partial charge in [0.1, 0.15) is 0 Å². The zero-order valence-corrected chi connectivity index (χ0v) is 21.0. The topological polar surface area (TPSA) is 70.2 Å². The zero-order chi connectivity index (χ0) is 25.8. The molecule has 2 fully saturated rings. The van der Waals surface area contributed by atoms with Crippen LogP contribution in [0.3, 0.4) is 0 Å². The third-order valence-electron chi connectivity index (χ3n) is 7.14. The van der Waals surface area contributed by atoms with E-state index in [-0.39, 0.29) is 30.9 Å². The van der Waals surface area contributed by atoms with Gasteiger partial charge in [-0.05, 0) is 42.3 Å². The fourth-order valence-corrected chi connectivity index (χ4v) is 5.33. The lowest BCUT2D eigenvalue weighted by Crippen LogP contribution is -2.53. The lowest BCUT2D eigenvalue weighted by atomic mass is 9.96. The van der Waals surface area contributed by atoms with Crippen LogP contribution < -0.4 is 4.90 Å². The Balaban J connectivity index is 1.27. The maximum atomic E-state index is 13.4. The van der Waals surface area contributed by atoms with Crippen molar-refractivity contribution in [3.63, 3.8) is 0 Å². The summed E-state index contributed by atoms with van der Waals surface area (Å²) in [6, 6.07) is 27.1. The molecule has 5 rings (SSSR count). The van der Waals surface area contributed by atoms with E-state index in [1.165, 1.54) is 16.0 Å². The SMILES string of the molecule is CCOC(=O)c1ccc(N2C(=O)CC(N3CCN(C(c4ccccc4)c4ccccc4)CC3)C2=O)cc1. The van der Waals surface area contributed by atoms with E-state index in [2.05, 4.69) is 58.3 Å². The summed E-state index contributed by atoms with van der Waals surface area (Å²) < 4.78 is 5.02. The molecule has 7 nitrogen and oxygen atoms in total. The van der Waals surface area contributed by atoms with E-state index >= 15 is 0 Å². The molecule has 0 saturated carbocycles. The van der Waals surface area contributed by atoms with Crippen LogP contribution >= 0.6 is 0 Å². The number of rotatable bonds is 7. The van der Waals surface area contributed by atoms with Crippen molar-refractivity contribution in [2.75, 3.05) is 37.7 Å². The molecular weight excluding hydrogens is 466 g/mol. The van der Waals surface area contributed by atoms with Crippen molar-refractivity contribution < 1.29 is 19.1 Å². The average molecular weight is 498 g/mol. The first-order chi connectivity index (χ1) is 18.1. The van der Waals surface area contributed by atoms with Crippen molar-refractivity contribution in [3.05, 3.63) is 102 Å². The van der Waals surface area contributed by atoms with Crippen LogP contribution in [0.2, 0.25) is 0 Å². The van der Waals surface area contributed by atoms with Crippen molar-refractivity contribution in [2.45, 2.75) is 25.4 Å². The highest BCUT2D eigenvalue weighted by molar-refractivity contribution is 6.22. The Bertz CT molecular complexity index is 1200. The first-order valence-electron chi connectivity index (χ1n) is 12.8. The average Bonchev–Trinajstić information content (AvgIpc) is 3.24. The second kappa shape index (κ2) is 11.1. The van der Waals surface area contributed by atoms with E-state index in [0.29, 0.717) is 24.3 Å². The predicted molar refractivity (Wildman–Crippen MR) is 141 cm³/mol. The molecule has 37 heavy (non-hydrogen) atoms. The zero-order valence-electron chi connectivity index (χ0n) is 21.0. The standard InChI is InChI=1S/C30H31N3O4/c1-2-37-30(36)24-13-15-25(16-14-24)33-27(34)21-26(29(33)35)31-17-19-32(20-18-31)28(22-9-5-3-6-10-22)23-11-7-4-8-12-23/h3-16,26,28H,2,17-21H2,1H3. The first kappa shape index (κ1) is 24.9. The molecule has 0 radical (unpaired) electrons. The minimum atomic E-state index is -0.466. The normalized spacial score (nSPS) is 19.0. The predicted octanol–water partition coefficient (Wildman–Crippen LogP) is 3.90. The third-order valence-corrected chi connectivity index (χ3v) is 7.14. The van der Waals surface area contributed by atoms with Crippen LogP contribution in [0.4, 0.5) is 5.69 Å². The van der Waals surface area contributed by atoms with Crippen LogP contribution in [-0.2, 0) is 14.3 Å². The van der Waals surface area contributed by atoms with E-state index in [4.69, 9.17) is 4.74 Å². The van der Waals surface area contributed by atoms with Gasteiger partial charge in [-0.2, -0.15) is 0 Å². The Morgan fingerprint density at radius 1 is 0.838 bits per heavy atom. The number of nitrogens with zero attached hydrogens (tertiary/aromatic N) is 3. The van der Waals surface area contributed by atoms with Gasteiger partial charge >= 0.3 is 5.97 Å². The van der Waals surface area contributed by atoms with Gasteiger partial charge in [-0.1, -0.05) is 60.7 Å². The molecule has 2 aliphatic heterocycles. The molecule has 2 aliphatic rings. The molecular formula is C30H31N3O4. The maximum absolute atomic E-state index is 13.4. The molecule has 3 aromatic carbocycles. The fourth-order valence-electron chi connectivity index (χ4n) is 5.33. The molecule has 190 valence electrons. The van der Waals surface area contributed by atoms with Crippen molar-refractivity contribution >= 4 is 23.5 Å². The number of hydrogen-bond acceptors (Lipinski definition) is 6. The van der Waals surface area contributed by atoms with Gasteiger partial charge in [0.05, 0.1) is 36.4 Å². The maximum Gasteiger partial charge on any atom is 0.338 e. The minimum Gasteiger partial charge on any atom is -0.462 e. The van der Waals surface area contributed by atoms with E-state index in [1.807, 2.05) is 12.1 Å². The summed E-state index contributed by atoms with van der Waals surface area (Å²) >= 11 is 0. The van der Waals surface area contributed by atoms with Crippen LogP contribution in [0, 0.1) is 0 Å². The van der Waals surface area contributed by atoms with Crippen molar-refractivity contribution in [1.29, 1.82) is 0 Å². The Morgan fingerprint density at radius 3 is 1.95 bits per heavy atom. The number of amides is 2. The molecule has 0 spiro atoms. The number of piperazine rings is 1. The quantitative estimate of drug-likeness (QED) is 0.364. The van der Waals surface area contributed by atoms with Crippen LogP contribution in [0.25, 0.3) is 0 Å². The number of benzene rings is 3. The van der Waals surface area contributed by atoms with Crippen LogP contribution in [0.1, 0.15) is 40.9 Å². The molecule has 3 aromatic rings. The fraction of sp³-hybridized carbons (Fsp3) is 0.300. The van der Waals surface area contributed by atoms with Gasteiger partial charge in [-0.3, -0.25) is 19.4 Å². The molecule has 2 saturated heterocycles. The number of anilines is 1. The van der Waals surface area contributed by atoms with Gasteiger partial charge in [0.2, 0.25) is 5.91 Å². The Morgan fingerprint density at radius 2 is 1.41 bits per heavy atom. The molecule has 0 aromatic heterocycles. The molecule has 2 heterocycles. The lowest BCUT2D eigenvalue weighted by Gasteiger charge is -2.41. The number of ether oxygens (including phenoxy) is 1. The summed E-state index contributed by atoms with van der Waals surface area (Å²) in [7, 11) is 0. The second-order valence-electron chi connectivity index (χ2n) is 9.35. The van der Waals surface area contributed by atoms with Crippen molar-refractivity contribution in [1.82, 2.24) is 9.80 Å². The highest BCUT2D eigenvalue weighted by Gasteiger charge is 2.43. The van der Waals surface area contributed by atoms with E-state index in [1.54, 1.807) is 31.2 Å². The smallest absolute Gasteiger partial charge is 0.338 e. The molecule has 2 amide bonds. The van der Waals surface area contributed by atoms with E-state index < -0.39 is 12.0 Å². The van der Waals surface area contributed by atoms with Crippen molar-refractivity contribution in [3.8, 4) is 0 Å². The van der Waals surface area contributed by atoms with Gasteiger partial charge in [0, 0.05) is 26.2 Å². The van der Waals surface area contributed by atoms with E-state index in [0.717, 1.165) is 13.1 Å². The minimum absolute atomic E-state index is 0.139. The van der Waals surface area contributed by atoms with Gasteiger partial charge in [0.15, 0.2) is 0 Å². The summed E-state index contributed by atoms with van der Waals surface area (Å²) in [6.07, 6.45) is 0.166. The lowest BCUT2D eigenvalue weighted by molar-refractivity contribution is -0.123. The van der Waals surface area contributed by atoms with Gasteiger partial charge < -0.3 is 4.74 Å². The second-order valence-corrected chi connectivity index (χ2v) is 9.35. The molecule has 1 unspecified atom stereocenters. The number of carbonyl (C=O) groups is 3. The summed E-state index contributed by atoms with van der Waals surface area (Å²) in [5, 5.41) is 0. The van der Waals surface area contributed by atoms with Gasteiger partial charge in [-0.15, -0.1) is 0 Å². The van der Waals surface area contributed by atoms with Gasteiger partial charge in [0.25, 0.3) is 5.91 Å². The van der Waals surface area contributed by atoms with E-state index in [9.17, 15) is 14.4 Å². The molecule has 7 heteroatoms. The van der Waals surface area contributed by atoms with Crippen molar-refractivity contribution in [2.24, 2.45) is 0 Å². The summed E-state index contributed by atoms with van der Waals surface area (Å²) in [6.45, 7) is 5.03. The van der Waals surface area contributed by atoms with Crippen LogP contribution in [0.5, 0.6) is 0 Å². The molecule has 0 aliphatic carbocycles. The monoisotopic (exact) mass is 497 g/mol. The Labute approximate surface area is 217 Å². The highest BCUT2D eigenvalue weighted by Crippen LogP contribution is 2.31. The molecule has 0 N–H and O–H groups in total. The highest BCUT2D eigenvalue weighted by atomic mass is 16.5. The Kier molecular flexibility index (Phi) is 7.44. The Hall–Kier alpha value is -3.81. The number of esters is 1. The van der Waals surface area contributed by atoms with Crippen LogP contribution in [-0.4, -0.2) is 66.4 Å². The summed E-state index contributed by atoms with van der Waals surface area (Å²) in [5.74, 6) is -0.842. The van der Waals surface area contributed by atoms with Crippen LogP contribution in [0.15, 0.2) is 84.9 Å². The molecule has 1 atom stereocenters. The third kappa shape index (κ3) is 5.19. The van der Waals surface area contributed by atoms with Gasteiger partial charge in [-0.25, -0.2) is 9.69 Å². The largest absolute Gasteiger partial charge is 0.462 e. The molecule has 0 bridgehead atoms. The first-order valence-corrected chi connectivity index (χ1v) is 12.8.